The van der Waals surface area contributed by atoms with E-state index in [4.69, 9.17) is 14.2 Å². The van der Waals surface area contributed by atoms with Gasteiger partial charge in [-0.05, 0) is 23.8 Å². The molecule has 1 unspecified atom stereocenters. The van der Waals surface area contributed by atoms with E-state index >= 15 is 0 Å². The second-order valence-corrected chi connectivity index (χ2v) is 4.87. The summed E-state index contributed by atoms with van der Waals surface area (Å²) < 4.78 is 15.7. The first-order valence-corrected chi connectivity index (χ1v) is 7.32. The SMILES string of the molecule is COc1ccc(OC)c(C=NNC(=O)C(OC)c2ccccc2)c1. The number of methoxy groups -OCH3 is 3. The minimum absolute atomic E-state index is 0.359. The molecule has 0 aliphatic carbocycles. The lowest BCUT2D eigenvalue weighted by Crippen LogP contribution is -2.26. The van der Waals surface area contributed by atoms with E-state index < -0.39 is 6.10 Å². The topological polar surface area (TPSA) is 69.2 Å². The molecule has 0 spiro atoms. The fourth-order valence-corrected chi connectivity index (χ4v) is 2.19. The van der Waals surface area contributed by atoms with Crippen LogP contribution in [0.4, 0.5) is 0 Å². The van der Waals surface area contributed by atoms with E-state index in [1.807, 2.05) is 30.3 Å². The van der Waals surface area contributed by atoms with Gasteiger partial charge < -0.3 is 14.2 Å². The highest BCUT2D eigenvalue weighted by atomic mass is 16.5. The molecule has 2 aromatic carbocycles. The average Bonchev–Trinajstić information content (AvgIpc) is 2.63. The molecule has 1 atom stereocenters. The molecule has 6 heteroatoms. The number of carbonyl (C=O) groups is 1. The van der Waals surface area contributed by atoms with E-state index in [0.29, 0.717) is 17.1 Å². The van der Waals surface area contributed by atoms with Gasteiger partial charge in [-0.1, -0.05) is 30.3 Å². The molecule has 0 aromatic heterocycles. The van der Waals surface area contributed by atoms with Crippen LogP contribution in [-0.4, -0.2) is 33.5 Å². The number of carbonyl (C=O) groups excluding carboxylic acids is 1. The molecule has 0 saturated carbocycles. The third kappa shape index (κ3) is 4.33. The maximum Gasteiger partial charge on any atom is 0.273 e. The quantitative estimate of drug-likeness (QED) is 0.626. The van der Waals surface area contributed by atoms with Gasteiger partial charge in [-0.25, -0.2) is 5.43 Å². The number of rotatable bonds is 7. The number of hydrogen-bond donors (Lipinski definition) is 1. The molecule has 0 aliphatic heterocycles. The van der Waals surface area contributed by atoms with Crippen molar-refractivity contribution in [1.82, 2.24) is 5.43 Å². The smallest absolute Gasteiger partial charge is 0.273 e. The van der Waals surface area contributed by atoms with Crippen molar-refractivity contribution in [2.24, 2.45) is 5.10 Å². The zero-order valence-corrected chi connectivity index (χ0v) is 13.9. The van der Waals surface area contributed by atoms with E-state index in [1.165, 1.54) is 13.3 Å². The summed E-state index contributed by atoms with van der Waals surface area (Å²) in [4.78, 5) is 12.2. The van der Waals surface area contributed by atoms with Crippen molar-refractivity contribution in [1.29, 1.82) is 0 Å². The molecule has 0 radical (unpaired) electrons. The normalized spacial score (nSPS) is 12.0. The number of benzene rings is 2. The Labute approximate surface area is 141 Å². The first kappa shape index (κ1) is 17.5. The van der Waals surface area contributed by atoms with Gasteiger partial charge in [0.1, 0.15) is 11.5 Å². The summed E-state index contributed by atoms with van der Waals surface area (Å²) in [7, 11) is 4.62. The average molecular weight is 328 g/mol. The molecule has 0 bridgehead atoms. The van der Waals surface area contributed by atoms with Gasteiger partial charge in [0, 0.05) is 12.7 Å². The Morgan fingerprint density at radius 1 is 1.08 bits per heavy atom. The second-order valence-electron chi connectivity index (χ2n) is 4.87. The van der Waals surface area contributed by atoms with Crippen molar-refractivity contribution in [3.05, 3.63) is 59.7 Å². The van der Waals surface area contributed by atoms with E-state index in [1.54, 1.807) is 32.4 Å². The van der Waals surface area contributed by atoms with Crippen LogP contribution < -0.4 is 14.9 Å². The summed E-state index contributed by atoms with van der Waals surface area (Å²) in [5, 5.41) is 3.98. The Hall–Kier alpha value is -2.86. The van der Waals surface area contributed by atoms with Crippen LogP contribution in [0.2, 0.25) is 0 Å². The molecule has 0 heterocycles. The van der Waals surface area contributed by atoms with Crippen LogP contribution in [0.3, 0.4) is 0 Å². The fraction of sp³-hybridized carbons (Fsp3) is 0.222. The summed E-state index contributed by atoms with van der Waals surface area (Å²) >= 11 is 0. The van der Waals surface area contributed by atoms with Gasteiger partial charge in [0.2, 0.25) is 0 Å². The minimum atomic E-state index is -0.726. The largest absolute Gasteiger partial charge is 0.497 e. The number of ether oxygens (including phenoxy) is 3. The van der Waals surface area contributed by atoms with Gasteiger partial charge in [0.15, 0.2) is 6.10 Å². The number of hydrazone groups is 1. The molecule has 0 aliphatic rings. The van der Waals surface area contributed by atoms with Gasteiger partial charge in [-0.3, -0.25) is 4.79 Å². The van der Waals surface area contributed by atoms with Crippen LogP contribution in [0.15, 0.2) is 53.6 Å². The predicted octanol–water partition coefficient (Wildman–Crippen LogP) is 2.54. The maximum absolute atomic E-state index is 12.2. The Morgan fingerprint density at radius 3 is 2.46 bits per heavy atom. The van der Waals surface area contributed by atoms with Gasteiger partial charge in [0.05, 0.1) is 20.4 Å². The Bertz CT molecular complexity index is 701. The van der Waals surface area contributed by atoms with E-state index in [-0.39, 0.29) is 5.91 Å². The molecule has 1 amide bonds. The zero-order chi connectivity index (χ0) is 17.4. The summed E-state index contributed by atoms with van der Waals surface area (Å²) in [5.74, 6) is 0.935. The van der Waals surface area contributed by atoms with Crippen molar-refractivity contribution in [2.45, 2.75) is 6.10 Å². The summed E-state index contributed by atoms with van der Waals surface area (Å²) in [5.41, 5.74) is 3.92. The molecule has 0 saturated heterocycles. The fourth-order valence-electron chi connectivity index (χ4n) is 2.19. The van der Waals surface area contributed by atoms with Crippen LogP contribution in [0.25, 0.3) is 0 Å². The molecule has 1 N–H and O–H groups in total. The highest BCUT2D eigenvalue weighted by Crippen LogP contribution is 2.22. The number of amides is 1. The van der Waals surface area contributed by atoms with Gasteiger partial charge in [-0.2, -0.15) is 5.10 Å². The minimum Gasteiger partial charge on any atom is -0.497 e. The van der Waals surface area contributed by atoms with Gasteiger partial charge in [0.25, 0.3) is 5.91 Å². The van der Waals surface area contributed by atoms with Crippen molar-refractivity contribution < 1.29 is 19.0 Å². The van der Waals surface area contributed by atoms with Crippen LogP contribution in [0.1, 0.15) is 17.2 Å². The molecule has 0 fully saturated rings. The first-order chi connectivity index (χ1) is 11.7. The van der Waals surface area contributed by atoms with Crippen molar-refractivity contribution in [2.75, 3.05) is 21.3 Å². The molecule has 126 valence electrons. The van der Waals surface area contributed by atoms with Crippen molar-refractivity contribution in [3.63, 3.8) is 0 Å². The second kappa shape index (κ2) is 8.69. The van der Waals surface area contributed by atoms with Crippen LogP contribution >= 0.6 is 0 Å². The lowest BCUT2D eigenvalue weighted by Gasteiger charge is -2.13. The third-order valence-electron chi connectivity index (χ3n) is 3.39. The highest BCUT2D eigenvalue weighted by molar-refractivity contribution is 5.87. The Balaban J connectivity index is 2.09. The van der Waals surface area contributed by atoms with Crippen molar-refractivity contribution >= 4 is 12.1 Å². The lowest BCUT2D eigenvalue weighted by atomic mass is 10.1. The molecular weight excluding hydrogens is 308 g/mol. The predicted molar refractivity (Wildman–Crippen MR) is 91.5 cm³/mol. The van der Waals surface area contributed by atoms with E-state index in [9.17, 15) is 4.79 Å². The molecular formula is C18H20N2O4. The lowest BCUT2D eigenvalue weighted by molar-refractivity contribution is -0.131. The first-order valence-electron chi connectivity index (χ1n) is 7.32. The Morgan fingerprint density at radius 2 is 1.83 bits per heavy atom. The summed E-state index contributed by atoms with van der Waals surface area (Å²) in [6, 6.07) is 14.5. The molecule has 24 heavy (non-hydrogen) atoms. The van der Waals surface area contributed by atoms with Crippen LogP contribution in [0, 0.1) is 0 Å². The van der Waals surface area contributed by atoms with Gasteiger partial charge >= 0.3 is 0 Å². The van der Waals surface area contributed by atoms with Gasteiger partial charge in [-0.15, -0.1) is 0 Å². The van der Waals surface area contributed by atoms with E-state index in [0.717, 1.165) is 5.56 Å². The monoisotopic (exact) mass is 328 g/mol. The summed E-state index contributed by atoms with van der Waals surface area (Å²) in [6.07, 6.45) is 0.771. The summed E-state index contributed by atoms with van der Waals surface area (Å²) in [6.45, 7) is 0. The number of nitrogens with one attached hydrogen (secondary N) is 1. The number of nitrogens with zero attached hydrogens (tertiary/aromatic N) is 1. The number of hydrogen-bond acceptors (Lipinski definition) is 5. The zero-order valence-electron chi connectivity index (χ0n) is 13.9. The standard InChI is InChI=1S/C18H20N2O4/c1-22-15-9-10-16(23-2)14(11-15)12-19-20-18(21)17(24-3)13-7-5-4-6-8-13/h4-12,17H,1-3H3,(H,20,21). The van der Waals surface area contributed by atoms with Crippen molar-refractivity contribution in [3.8, 4) is 11.5 Å². The van der Waals surface area contributed by atoms with Crippen LogP contribution in [0.5, 0.6) is 11.5 Å². The Kier molecular flexibility index (Phi) is 6.33. The van der Waals surface area contributed by atoms with E-state index in [2.05, 4.69) is 10.5 Å². The highest BCUT2D eigenvalue weighted by Gasteiger charge is 2.19. The van der Waals surface area contributed by atoms with Crippen LogP contribution in [-0.2, 0) is 9.53 Å². The maximum atomic E-state index is 12.2. The third-order valence-corrected chi connectivity index (χ3v) is 3.39. The molecule has 2 rings (SSSR count). The molecule has 6 nitrogen and oxygen atoms in total. The molecule has 2 aromatic rings.